The first-order chi connectivity index (χ1) is 9.28. The summed E-state index contributed by atoms with van der Waals surface area (Å²) in [4.78, 5) is 8.70. The van der Waals surface area contributed by atoms with Crippen LogP contribution in [0.15, 0.2) is 43.0 Å². The van der Waals surface area contributed by atoms with Gasteiger partial charge in [-0.25, -0.2) is 9.97 Å². The van der Waals surface area contributed by atoms with Crippen LogP contribution in [-0.2, 0) is 13.0 Å². The van der Waals surface area contributed by atoms with Gasteiger partial charge in [0.05, 0.1) is 5.69 Å². The maximum absolute atomic E-state index is 10.3. The number of aromatic nitrogens is 4. The molecule has 3 rings (SSSR count). The molecular weight excluding hydrogens is 240 g/mol. The van der Waals surface area contributed by atoms with Gasteiger partial charge in [-0.15, -0.1) is 0 Å². The van der Waals surface area contributed by atoms with Crippen LogP contribution >= 0.6 is 0 Å². The quantitative estimate of drug-likeness (QED) is 0.774. The van der Waals surface area contributed by atoms with E-state index >= 15 is 0 Å². The van der Waals surface area contributed by atoms with Crippen molar-refractivity contribution in [2.24, 2.45) is 0 Å². The summed E-state index contributed by atoms with van der Waals surface area (Å²) in [6.07, 6.45) is 7.31. The number of hydrogen-bond acceptors (Lipinski definition) is 3. The lowest BCUT2D eigenvalue weighted by atomic mass is 10.2. The second-order valence-corrected chi connectivity index (χ2v) is 4.48. The van der Waals surface area contributed by atoms with Crippen LogP contribution in [0.3, 0.4) is 0 Å². The summed E-state index contributed by atoms with van der Waals surface area (Å²) in [6, 6.07) is 5.79. The highest BCUT2D eigenvalue weighted by molar-refractivity contribution is 5.39. The van der Waals surface area contributed by atoms with E-state index in [-0.39, 0.29) is 0 Å². The van der Waals surface area contributed by atoms with Crippen LogP contribution in [0, 0.1) is 0 Å². The molecule has 1 unspecified atom stereocenters. The van der Waals surface area contributed by atoms with E-state index in [0.717, 1.165) is 18.0 Å². The molecule has 0 aliphatic carbocycles. The fourth-order valence-electron chi connectivity index (χ4n) is 2.21. The molecule has 0 saturated heterocycles. The fourth-order valence-corrected chi connectivity index (χ4v) is 2.21. The summed E-state index contributed by atoms with van der Waals surface area (Å²) in [5.74, 6) is 0.882. The highest BCUT2D eigenvalue weighted by atomic mass is 16.3. The number of pyridine rings is 1. The van der Waals surface area contributed by atoms with Crippen molar-refractivity contribution in [2.75, 3.05) is 0 Å². The number of aliphatic hydroxyl groups excluding tert-OH is 1. The summed E-state index contributed by atoms with van der Waals surface area (Å²) in [5, 5.41) is 10.3. The zero-order valence-corrected chi connectivity index (χ0v) is 10.8. The molecule has 1 atom stereocenters. The molecule has 0 spiro atoms. The summed E-state index contributed by atoms with van der Waals surface area (Å²) in [6.45, 7) is 2.91. The number of hydrogen-bond donors (Lipinski definition) is 1. The van der Waals surface area contributed by atoms with E-state index in [1.165, 1.54) is 0 Å². The molecule has 5 heteroatoms. The van der Waals surface area contributed by atoms with Crippen LogP contribution < -0.4 is 0 Å². The number of aryl methyl sites for hydroxylation is 1. The Balaban J connectivity index is 1.85. The smallest absolute Gasteiger partial charge is 0.137 e. The summed E-state index contributed by atoms with van der Waals surface area (Å²) < 4.78 is 3.93. The van der Waals surface area contributed by atoms with Gasteiger partial charge in [0, 0.05) is 37.8 Å². The molecule has 3 heterocycles. The predicted molar refractivity (Wildman–Crippen MR) is 71.8 cm³/mol. The minimum atomic E-state index is -0.632. The Morgan fingerprint density at radius 3 is 3.00 bits per heavy atom. The maximum Gasteiger partial charge on any atom is 0.137 e. The van der Waals surface area contributed by atoms with Gasteiger partial charge in [0.1, 0.15) is 17.6 Å². The topological polar surface area (TPSA) is 55.3 Å². The van der Waals surface area contributed by atoms with E-state index in [1.807, 2.05) is 45.8 Å². The van der Waals surface area contributed by atoms with Gasteiger partial charge >= 0.3 is 0 Å². The number of fused-ring (bicyclic) bond motifs is 1. The third-order valence-corrected chi connectivity index (χ3v) is 3.24. The van der Waals surface area contributed by atoms with Crippen molar-refractivity contribution in [3.05, 3.63) is 54.5 Å². The third-order valence-electron chi connectivity index (χ3n) is 3.24. The second-order valence-electron chi connectivity index (χ2n) is 4.48. The molecule has 5 nitrogen and oxygen atoms in total. The SMILES string of the molecule is CCn1ccnc1CC(O)c1cn2ccccc2n1. The van der Waals surface area contributed by atoms with Crippen molar-refractivity contribution < 1.29 is 5.11 Å². The highest BCUT2D eigenvalue weighted by Gasteiger charge is 2.15. The zero-order valence-electron chi connectivity index (χ0n) is 10.8. The molecule has 98 valence electrons. The van der Waals surface area contributed by atoms with Gasteiger partial charge in [-0.05, 0) is 19.1 Å². The molecule has 0 radical (unpaired) electrons. The van der Waals surface area contributed by atoms with Gasteiger partial charge in [-0.1, -0.05) is 6.07 Å². The molecule has 0 aliphatic heterocycles. The van der Waals surface area contributed by atoms with Crippen LogP contribution in [0.5, 0.6) is 0 Å². The van der Waals surface area contributed by atoms with Crippen molar-refractivity contribution in [2.45, 2.75) is 26.0 Å². The lowest BCUT2D eigenvalue weighted by molar-refractivity contribution is 0.170. The first kappa shape index (κ1) is 11.9. The monoisotopic (exact) mass is 256 g/mol. The zero-order chi connectivity index (χ0) is 13.2. The molecule has 3 aromatic rings. The Morgan fingerprint density at radius 2 is 2.21 bits per heavy atom. The molecule has 19 heavy (non-hydrogen) atoms. The van der Waals surface area contributed by atoms with E-state index in [9.17, 15) is 5.11 Å². The minimum Gasteiger partial charge on any atom is -0.386 e. The van der Waals surface area contributed by atoms with Crippen LogP contribution in [0.2, 0.25) is 0 Å². The number of imidazole rings is 2. The molecular formula is C14H16N4O. The van der Waals surface area contributed by atoms with E-state index in [2.05, 4.69) is 16.9 Å². The molecule has 1 N–H and O–H groups in total. The lowest BCUT2D eigenvalue weighted by Gasteiger charge is -2.08. The average molecular weight is 256 g/mol. The fraction of sp³-hybridized carbons (Fsp3) is 0.286. The van der Waals surface area contributed by atoms with Crippen LogP contribution in [0.25, 0.3) is 5.65 Å². The third kappa shape index (κ3) is 2.24. The van der Waals surface area contributed by atoms with Gasteiger partial charge in [0.15, 0.2) is 0 Å². The van der Waals surface area contributed by atoms with Crippen LogP contribution in [0.1, 0.15) is 24.5 Å². The largest absolute Gasteiger partial charge is 0.386 e. The molecule has 0 aliphatic rings. The summed E-state index contributed by atoms with van der Waals surface area (Å²) in [5.41, 5.74) is 1.52. The Bertz CT molecular complexity index is 652. The van der Waals surface area contributed by atoms with Crippen molar-refractivity contribution in [3.8, 4) is 0 Å². The molecule has 0 fully saturated rings. The van der Waals surface area contributed by atoms with Crippen molar-refractivity contribution in [1.82, 2.24) is 18.9 Å². The van der Waals surface area contributed by atoms with Gasteiger partial charge in [0.25, 0.3) is 0 Å². The highest BCUT2D eigenvalue weighted by Crippen LogP contribution is 2.17. The Labute approximate surface area is 111 Å². The summed E-state index contributed by atoms with van der Waals surface area (Å²) >= 11 is 0. The van der Waals surface area contributed by atoms with Crippen molar-refractivity contribution in [3.63, 3.8) is 0 Å². The standard InChI is InChI=1S/C14H16N4O/c1-2-17-8-6-15-14(17)9-12(19)11-10-18-7-4-3-5-13(18)16-11/h3-8,10,12,19H,2,9H2,1H3. The first-order valence-corrected chi connectivity index (χ1v) is 6.39. The number of rotatable bonds is 4. The van der Waals surface area contributed by atoms with E-state index in [1.54, 1.807) is 6.20 Å². The van der Waals surface area contributed by atoms with Crippen molar-refractivity contribution >= 4 is 5.65 Å². The molecule has 0 saturated carbocycles. The van der Waals surface area contributed by atoms with Crippen LogP contribution in [-0.4, -0.2) is 24.0 Å². The van der Waals surface area contributed by atoms with E-state index in [4.69, 9.17) is 0 Å². The van der Waals surface area contributed by atoms with Gasteiger partial charge in [-0.2, -0.15) is 0 Å². The van der Waals surface area contributed by atoms with Gasteiger partial charge < -0.3 is 14.1 Å². The predicted octanol–water partition coefficient (Wildman–Crippen LogP) is 1.83. The maximum atomic E-state index is 10.3. The number of aliphatic hydroxyl groups is 1. The molecule has 0 aromatic carbocycles. The molecule has 0 bridgehead atoms. The number of nitrogens with zero attached hydrogens (tertiary/aromatic N) is 4. The van der Waals surface area contributed by atoms with Gasteiger partial charge in [-0.3, -0.25) is 0 Å². The molecule has 3 aromatic heterocycles. The Morgan fingerprint density at radius 1 is 1.32 bits per heavy atom. The average Bonchev–Trinajstić information content (AvgIpc) is 3.03. The minimum absolute atomic E-state index is 0.477. The van der Waals surface area contributed by atoms with E-state index in [0.29, 0.717) is 12.1 Å². The molecule has 0 amide bonds. The van der Waals surface area contributed by atoms with E-state index < -0.39 is 6.10 Å². The first-order valence-electron chi connectivity index (χ1n) is 6.39. The van der Waals surface area contributed by atoms with Crippen LogP contribution in [0.4, 0.5) is 0 Å². The summed E-state index contributed by atoms with van der Waals surface area (Å²) in [7, 11) is 0. The second kappa shape index (κ2) is 4.85. The Hall–Kier alpha value is -2.14. The van der Waals surface area contributed by atoms with Gasteiger partial charge in [0.2, 0.25) is 0 Å². The Kier molecular flexibility index (Phi) is 3.05. The lowest BCUT2D eigenvalue weighted by Crippen LogP contribution is -2.08. The normalized spacial score (nSPS) is 12.9. The van der Waals surface area contributed by atoms with Crippen molar-refractivity contribution in [1.29, 1.82) is 0 Å².